The number of carboxylic acids is 1. The van der Waals surface area contributed by atoms with Gasteiger partial charge in [0.15, 0.2) is 11.3 Å². The summed E-state index contributed by atoms with van der Waals surface area (Å²) in [6.45, 7) is 0. The maximum atomic E-state index is 11.4. The van der Waals surface area contributed by atoms with E-state index in [2.05, 4.69) is 15.0 Å². The lowest BCUT2D eigenvalue weighted by molar-refractivity contribution is 0.0691. The Morgan fingerprint density at radius 2 is 2.14 bits per heavy atom. The largest absolute Gasteiger partial charge is 0.477 e. The molecule has 0 atom stereocenters. The van der Waals surface area contributed by atoms with Gasteiger partial charge in [-0.1, -0.05) is 11.3 Å². The third-order valence-corrected chi connectivity index (χ3v) is 4.14. The second kappa shape index (κ2) is 4.50. The third-order valence-electron chi connectivity index (χ3n) is 3.30. The molecule has 7 nitrogen and oxygen atoms in total. The van der Waals surface area contributed by atoms with Crippen LogP contribution < -0.4 is 4.87 Å². The Hall–Kier alpha value is -3.00. The smallest absolute Gasteiger partial charge is 0.354 e. The number of carboxylic acid groups (broad SMARTS) is 1. The first-order valence-electron chi connectivity index (χ1n) is 6.32. The van der Waals surface area contributed by atoms with Crippen LogP contribution in [0.1, 0.15) is 10.5 Å². The predicted octanol–water partition coefficient (Wildman–Crippen LogP) is 2.02. The SMILES string of the molecule is O=C(O)c1ccc2ncn(-c3ccc4[nH]c(=O)sc4c3)c2n1. The standard InChI is InChI=1S/C14H8N4O3S/c19-13(20)10-4-3-9-12(16-10)18(6-15-9)7-1-2-8-11(5-7)22-14(21)17-8/h1-6H,(H,17,21)(H,19,20). The number of nitrogens with zero attached hydrogens (tertiary/aromatic N) is 3. The Morgan fingerprint density at radius 3 is 2.95 bits per heavy atom. The molecule has 0 bridgehead atoms. The highest BCUT2D eigenvalue weighted by atomic mass is 32.1. The summed E-state index contributed by atoms with van der Waals surface area (Å²) in [5, 5.41) is 9.06. The summed E-state index contributed by atoms with van der Waals surface area (Å²) < 4.78 is 2.52. The first-order valence-corrected chi connectivity index (χ1v) is 7.14. The molecule has 0 radical (unpaired) electrons. The van der Waals surface area contributed by atoms with Crippen LogP contribution in [-0.4, -0.2) is 30.6 Å². The van der Waals surface area contributed by atoms with E-state index in [1.54, 1.807) is 23.0 Å². The summed E-state index contributed by atoms with van der Waals surface area (Å²) in [6.07, 6.45) is 1.58. The number of aromatic nitrogens is 4. The molecule has 0 saturated carbocycles. The van der Waals surface area contributed by atoms with Gasteiger partial charge in [-0.2, -0.15) is 0 Å². The highest BCUT2D eigenvalue weighted by molar-refractivity contribution is 7.16. The van der Waals surface area contributed by atoms with Crippen molar-refractivity contribution in [3.05, 3.63) is 52.0 Å². The average molecular weight is 312 g/mol. The third kappa shape index (κ3) is 1.89. The topological polar surface area (TPSA) is 101 Å². The second-order valence-electron chi connectivity index (χ2n) is 4.65. The molecule has 1 aromatic carbocycles. The van der Waals surface area contributed by atoms with Crippen molar-refractivity contribution in [2.75, 3.05) is 0 Å². The number of hydrogen-bond donors (Lipinski definition) is 2. The van der Waals surface area contributed by atoms with Gasteiger partial charge in [-0.25, -0.2) is 14.8 Å². The van der Waals surface area contributed by atoms with E-state index in [4.69, 9.17) is 5.11 Å². The zero-order chi connectivity index (χ0) is 15.3. The zero-order valence-electron chi connectivity index (χ0n) is 11.0. The summed E-state index contributed by atoms with van der Waals surface area (Å²) in [5.41, 5.74) is 2.55. The summed E-state index contributed by atoms with van der Waals surface area (Å²) in [5.74, 6) is -1.09. The molecule has 8 heteroatoms. The number of imidazole rings is 1. The first kappa shape index (κ1) is 12.7. The van der Waals surface area contributed by atoms with Crippen molar-refractivity contribution in [2.24, 2.45) is 0 Å². The number of H-pyrrole nitrogens is 1. The minimum atomic E-state index is -1.09. The van der Waals surface area contributed by atoms with E-state index >= 15 is 0 Å². The van der Waals surface area contributed by atoms with Gasteiger partial charge < -0.3 is 10.1 Å². The fourth-order valence-electron chi connectivity index (χ4n) is 2.29. The number of benzene rings is 1. The fourth-order valence-corrected chi connectivity index (χ4v) is 3.06. The van der Waals surface area contributed by atoms with E-state index < -0.39 is 5.97 Å². The monoisotopic (exact) mass is 312 g/mol. The van der Waals surface area contributed by atoms with Gasteiger partial charge in [0.1, 0.15) is 11.8 Å². The van der Waals surface area contributed by atoms with Gasteiger partial charge in [0.2, 0.25) is 0 Å². The Bertz CT molecular complexity index is 1090. The highest BCUT2D eigenvalue weighted by Crippen LogP contribution is 2.22. The number of aromatic carboxylic acids is 1. The lowest BCUT2D eigenvalue weighted by Gasteiger charge is -2.04. The number of pyridine rings is 1. The molecule has 0 aliphatic rings. The molecule has 0 aliphatic carbocycles. The number of carbonyl (C=O) groups is 1. The van der Waals surface area contributed by atoms with Crippen LogP contribution in [0.25, 0.3) is 27.1 Å². The molecule has 3 aromatic heterocycles. The Morgan fingerprint density at radius 1 is 1.27 bits per heavy atom. The van der Waals surface area contributed by atoms with Crippen LogP contribution in [0, 0.1) is 0 Å². The lowest BCUT2D eigenvalue weighted by atomic mass is 10.3. The van der Waals surface area contributed by atoms with Crippen molar-refractivity contribution in [2.45, 2.75) is 0 Å². The Balaban J connectivity index is 1.96. The van der Waals surface area contributed by atoms with Crippen molar-refractivity contribution in [3.63, 3.8) is 0 Å². The maximum Gasteiger partial charge on any atom is 0.354 e. The summed E-state index contributed by atoms with van der Waals surface area (Å²) in [7, 11) is 0. The van der Waals surface area contributed by atoms with Crippen molar-refractivity contribution in [3.8, 4) is 5.69 Å². The highest BCUT2D eigenvalue weighted by Gasteiger charge is 2.11. The van der Waals surface area contributed by atoms with Crippen LogP contribution in [0.5, 0.6) is 0 Å². The van der Waals surface area contributed by atoms with Gasteiger partial charge >= 0.3 is 10.8 Å². The van der Waals surface area contributed by atoms with Gasteiger partial charge in [0.05, 0.1) is 15.9 Å². The molecule has 0 unspecified atom stereocenters. The number of nitrogens with one attached hydrogen (secondary N) is 1. The Labute approximate surface area is 126 Å². The number of fused-ring (bicyclic) bond motifs is 2. The van der Waals surface area contributed by atoms with Crippen LogP contribution in [-0.2, 0) is 0 Å². The average Bonchev–Trinajstić information content (AvgIpc) is 3.07. The van der Waals surface area contributed by atoms with E-state index in [9.17, 15) is 9.59 Å². The van der Waals surface area contributed by atoms with Crippen LogP contribution in [0.2, 0.25) is 0 Å². The minimum Gasteiger partial charge on any atom is -0.477 e. The van der Waals surface area contributed by atoms with Crippen LogP contribution >= 0.6 is 11.3 Å². The molecular formula is C14H8N4O3S. The van der Waals surface area contributed by atoms with Gasteiger partial charge in [-0.05, 0) is 30.3 Å². The van der Waals surface area contributed by atoms with E-state index in [1.165, 1.54) is 6.07 Å². The van der Waals surface area contributed by atoms with Gasteiger partial charge in [0.25, 0.3) is 0 Å². The summed E-state index contributed by atoms with van der Waals surface area (Å²) >= 11 is 1.12. The minimum absolute atomic E-state index is 0.0402. The van der Waals surface area contributed by atoms with Gasteiger partial charge in [-0.3, -0.25) is 9.36 Å². The molecule has 3 heterocycles. The summed E-state index contributed by atoms with van der Waals surface area (Å²) in [6, 6.07) is 8.50. The lowest BCUT2D eigenvalue weighted by Crippen LogP contribution is -2.02. The van der Waals surface area contributed by atoms with Crippen molar-refractivity contribution < 1.29 is 9.90 Å². The molecule has 0 saturated heterocycles. The molecule has 0 aliphatic heterocycles. The molecule has 108 valence electrons. The van der Waals surface area contributed by atoms with Crippen molar-refractivity contribution >= 4 is 38.7 Å². The molecule has 2 N–H and O–H groups in total. The van der Waals surface area contributed by atoms with Crippen molar-refractivity contribution in [1.82, 2.24) is 19.5 Å². The van der Waals surface area contributed by atoms with Crippen LogP contribution in [0.3, 0.4) is 0 Å². The summed E-state index contributed by atoms with van der Waals surface area (Å²) in [4.78, 5) is 33.4. The van der Waals surface area contributed by atoms with Gasteiger partial charge in [0, 0.05) is 0 Å². The Kier molecular flexibility index (Phi) is 2.60. The molecule has 4 rings (SSSR count). The first-order chi connectivity index (χ1) is 10.6. The van der Waals surface area contributed by atoms with Gasteiger partial charge in [-0.15, -0.1) is 0 Å². The van der Waals surface area contributed by atoms with E-state index in [-0.39, 0.29) is 10.6 Å². The number of hydrogen-bond acceptors (Lipinski definition) is 5. The fraction of sp³-hybridized carbons (Fsp3) is 0. The molecular weight excluding hydrogens is 304 g/mol. The quantitative estimate of drug-likeness (QED) is 0.589. The van der Waals surface area contributed by atoms with Crippen LogP contribution in [0.4, 0.5) is 0 Å². The normalized spacial score (nSPS) is 11.3. The van der Waals surface area contributed by atoms with Crippen molar-refractivity contribution in [1.29, 1.82) is 0 Å². The van der Waals surface area contributed by atoms with E-state index in [0.717, 1.165) is 27.2 Å². The molecule has 22 heavy (non-hydrogen) atoms. The number of rotatable bonds is 2. The molecule has 4 aromatic rings. The maximum absolute atomic E-state index is 11.4. The molecule has 0 amide bonds. The zero-order valence-corrected chi connectivity index (χ0v) is 11.8. The van der Waals surface area contributed by atoms with E-state index in [0.29, 0.717) is 11.2 Å². The molecule has 0 spiro atoms. The molecule has 0 fully saturated rings. The second-order valence-corrected chi connectivity index (χ2v) is 5.67. The van der Waals surface area contributed by atoms with Crippen LogP contribution in [0.15, 0.2) is 41.5 Å². The predicted molar refractivity (Wildman–Crippen MR) is 81.8 cm³/mol. The number of aromatic amines is 1. The number of thiazole rings is 1. The van der Waals surface area contributed by atoms with E-state index in [1.807, 2.05) is 12.1 Å².